The van der Waals surface area contributed by atoms with Crippen LogP contribution in [-0.4, -0.2) is 18.9 Å². The van der Waals surface area contributed by atoms with Crippen LogP contribution in [0, 0.1) is 11.8 Å². The number of carbonyl (C=O) groups is 1. The molecule has 2 aliphatic rings. The third kappa shape index (κ3) is 1.40. The molecule has 1 N–H and O–H groups in total. The molecule has 0 aromatic heterocycles. The quantitative estimate of drug-likeness (QED) is 0.597. The number of piperidine rings is 1. The van der Waals surface area contributed by atoms with Crippen molar-refractivity contribution in [3.8, 4) is 0 Å². The average molecular weight is 167 g/mol. The van der Waals surface area contributed by atoms with Crippen molar-refractivity contribution in [3.05, 3.63) is 0 Å². The lowest BCUT2D eigenvalue weighted by Crippen LogP contribution is -2.48. The van der Waals surface area contributed by atoms with Crippen LogP contribution in [-0.2, 0) is 4.79 Å². The van der Waals surface area contributed by atoms with Gasteiger partial charge in [-0.15, -0.1) is 0 Å². The Kier molecular flexibility index (Phi) is 2.45. The van der Waals surface area contributed by atoms with E-state index in [2.05, 4.69) is 5.32 Å². The molecule has 0 aromatic carbocycles. The topological polar surface area (TPSA) is 29.1 Å². The first-order valence-electron chi connectivity index (χ1n) is 5.10. The molecule has 2 heteroatoms. The van der Waals surface area contributed by atoms with Crippen LogP contribution in [0.4, 0.5) is 0 Å². The maximum Gasteiger partial charge on any atom is 0.137 e. The molecule has 1 saturated carbocycles. The smallest absolute Gasteiger partial charge is 0.137 e. The summed E-state index contributed by atoms with van der Waals surface area (Å²) in [5.41, 5.74) is 0. The monoisotopic (exact) mass is 167 g/mol. The van der Waals surface area contributed by atoms with Gasteiger partial charge in [0.1, 0.15) is 6.29 Å². The Balaban J connectivity index is 2.03. The predicted octanol–water partition coefficient (Wildman–Crippen LogP) is 1.35. The second-order valence-electron chi connectivity index (χ2n) is 4.11. The van der Waals surface area contributed by atoms with Gasteiger partial charge in [-0.05, 0) is 31.2 Å². The zero-order valence-corrected chi connectivity index (χ0v) is 7.46. The Morgan fingerprint density at radius 2 is 2.00 bits per heavy atom. The lowest BCUT2D eigenvalue weighted by Gasteiger charge is -2.39. The van der Waals surface area contributed by atoms with Gasteiger partial charge < -0.3 is 10.1 Å². The average Bonchev–Trinajstić information content (AvgIpc) is 2.17. The minimum atomic E-state index is 0.170. The first kappa shape index (κ1) is 8.24. The molecular formula is C10H17NO. The number of carbonyl (C=O) groups excluding carboxylic acids is 1. The second-order valence-corrected chi connectivity index (χ2v) is 4.11. The number of aldehydes is 1. The van der Waals surface area contributed by atoms with E-state index in [0.29, 0.717) is 5.92 Å². The molecule has 1 saturated heterocycles. The van der Waals surface area contributed by atoms with Crippen molar-refractivity contribution >= 4 is 6.29 Å². The molecule has 2 nitrogen and oxygen atoms in total. The highest BCUT2D eigenvalue weighted by Gasteiger charge is 2.34. The molecule has 3 atom stereocenters. The van der Waals surface area contributed by atoms with Crippen LogP contribution in [0.15, 0.2) is 0 Å². The molecule has 0 amide bonds. The van der Waals surface area contributed by atoms with E-state index in [1.807, 2.05) is 0 Å². The lowest BCUT2D eigenvalue weighted by molar-refractivity contribution is -0.112. The number of nitrogens with one attached hydrogen (secondary N) is 1. The fraction of sp³-hybridized carbons (Fsp3) is 0.900. The van der Waals surface area contributed by atoms with Crippen LogP contribution in [0.25, 0.3) is 0 Å². The van der Waals surface area contributed by atoms with Gasteiger partial charge in [0.05, 0.1) is 6.04 Å². The van der Waals surface area contributed by atoms with Gasteiger partial charge in [0.25, 0.3) is 0 Å². The SMILES string of the molecule is O=CC1NCCC2CCCCC21. The second kappa shape index (κ2) is 3.56. The highest BCUT2D eigenvalue weighted by Crippen LogP contribution is 2.35. The van der Waals surface area contributed by atoms with Gasteiger partial charge in [0.2, 0.25) is 0 Å². The number of hydrogen-bond acceptors (Lipinski definition) is 2. The Bertz CT molecular complexity index is 167. The maximum absolute atomic E-state index is 10.8. The summed E-state index contributed by atoms with van der Waals surface area (Å²) in [6.07, 6.45) is 7.73. The van der Waals surface area contributed by atoms with Crippen molar-refractivity contribution in [3.63, 3.8) is 0 Å². The van der Waals surface area contributed by atoms with E-state index in [0.717, 1.165) is 18.7 Å². The molecule has 1 aliphatic heterocycles. The lowest BCUT2D eigenvalue weighted by atomic mass is 9.72. The fourth-order valence-electron chi connectivity index (χ4n) is 2.80. The van der Waals surface area contributed by atoms with Crippen molar-refractivity contribution in [2.45, 2.75) is 38.1 Å². The van der Waals surface area contributed by atoms with Crippen molar-refractivity contribution in [2.24, 2.45) is 11.8 Å². The molecule has 2 rings (SSSR count). The normalized spacial score (nSPS) is 41.8. The van der Waals surface area contributed by atoms with Crippen LogP contribution in [0.3, 0.4) is 0 Å². The molecule has 2 fully saturated rings. The van der Waals surface area contributed by atoms with Crippen molar-refractivity contribution < 1.29 is 4.79 Å². The zero-order valence-electron chi connectivity index (χ0n) is 7.46. The highest BCUT2D eigenvalue weighted by molar-refractivity contribution is 5.58. The summed E-state index contributed by atoms with van der Waals surface area (Å²) in [5, 5.41) is 3.30. The minimum absolute atomic E-state index is 0.170. The predicted molar refractivity (Wildman–Crippen MR) is 47.9 cm³/mol. The summed E-state index contributed by atoms with van der Waals surface area (Å²) < 4.78 is 0. The van der Waals surface area contributed by atoms with Crippen LogP contribution >= 0.6 is 0 Å². The van der Waals surface area contributed by atoms with Gasteiger partial charge in [-0.3, -0.25) is 0 Å². The van der Waals surface area contributed by atoms with E-state index in [1.165, 1.54) is 32.1 Å². The van der Waals surface area contributed by atoms with Gasteiger partial charge in [0.15, 0.2) is 0 Å². The summed E-state index contributed by atoms with van der Waals surface area (Å²) in [6, 6.07) is 0.170. The third-order valence-electron chi connectivity index (χ3n) is 3.47. The zero-order chi connectivity index (χ0) is 8.39. The summed E-state index contributed by atoms with van der Waals surface area (Å²) >= 11 is 0. The van der Waals surface area contributed by atoms with Gasteiger partial charge in [-0.2, -0.15) is 0 Å². The minimum Gasteiger partial charge on any atom is -0.307 e. The summed E-state index contributed by atoms with van der Waals surface area (Å²) in [7, 11) is 0. The molecular weight excluding hydrogens is 150 g/mol. The van der Waals surface area contributed by atoms with E-state index in [1.54, 1.807) is 0 Å². The Morgan fingerprint density at radius 3 is 2.83 bits per heavy atom. The Morgan fingerprint density at radius 1 is 1.17 bits per heavy atom. The number of fused-ring (bicyclic) bond motifs is 1. The summed E-state index contributed by atoms with van der Waals surface area (Å²) in [4.78, 5) is 10.8. The Labute approximate surface area is 73.7 Å². The third-order valence-corrected chi connectivity index (χ3v) is 3.47. The molecule has 68 valence electrons. The van der Waals surface area contributed by atoms with Crippen LogP contribution in [0.1, 0.15) is 32.1 Å². The molecule has 1 heterocycles. The first-order valence-corrected chi connectivity index (χ1v) is 5.10. The summed E-state index contributed by atoms with van der Waals surface area (Å²) in [6.45, 7) is 1.05. The van der Waals surface area contributed by atoms with Crippen LogP contribution < -0.4 is 5.32 Å². The molecule has 0 spiro atoms. The van der Waals surface area contributed by atoms with Gasteiger partial charge in [0, 0.05) is 0 Å². The van der Waals surface area contributed by atoms with E-state index in [4.69, 9.17) is 0 Å². The van der Waals surface area contributed by atoms with Crippen LogP contribution in [0.2, 0.25) is 0 Å². The van der Waals surface area contributed by atoms with Gasteiger partial charge in [-0.25, -0.2) is 0 Å². The van der Waals surface area contributed by atoms with Gasteiger partial charge >= 0.3 is 0 Å². The highest BCUT2D eigenvalue weighted by atomic mass is 16.1. The standard InChI is InChI=1S/C10H17NO/c12-7-10-9-4-2-1-3-8(9)5-6-11-10/h7-11H,1-6H2. The molecule has 12 heavy (non-hydrogen) atoms. The van der Waals surface area contributed by atoms with Gasteiger partial charge in [-0.1, -0.05) is 19.3 Å². The van der Waals surface area contributed by atoms with E-state index in [9.17, 15) is 4.79 Å². The summed E-state index contributed by atoms with van der Waals surface area (Å²) in [5.74, 6) is 1.50. The van der Waals surface area contributed by atoms with Crippen molar-refractivity contribution in [1.29, 1.82) is 0 Å². The van der Waals surface area contributed by atoms with Crippen LogP contribution in [0.5, 0.6) is 0 Å². The van der Waals surface area contributed by atoms with Crippen molar-refractivity contribution in [1.82, 2.24) is 5.32 Å². The molecule has 0 radical (unpaired) electrons. The Hall–Kier alpha value is -0.370. The number of hydrogen-bond donors (Lipinski definition) is 1. The molecule has 0 bridgehead atoms. The number of rotatable bonds is 1. The van der Waals surface area contributed by atoms with Crippen molar-refractivity contribution in [2.75, 3.05) is 6.54 Å². The molecule has 3 unspecified atom stereocenters. The van der Waals surface area contributed by atoms with E-state index in [-0.39, 0.29) is 6.04 Å². The maximum atomic E-state index is 10.8. The molecule has 0 aromatic rings. The van der Waals surface area contributed by atoms with E-state index >= 15 is 0 Å². The largest absolute Gasteiger partial charge is 0.307 e. The molecule has 1 aliphatic carbocycles. The fourth-order valence-corrected chi connectivity index (χ4v) is 2.80. The first-order chi connectivity index (χ1) is 5.92. The van der Waals surface area contributed by atoms with E-state index < -0.39 is 0 Å².